The first-order valence-corrected chi connectivity index (χ1v) is 5.76. The summed E-state index contributed by atoms with van der Waals surface area (Å²) < 4.78 is 18.1. The van der Waals surface area contributed by atoms with E-state index in [1.54, 1.807) is 24.1 Å². The predicted molar refractivity (Wildman–Crippen MR) is 70.9 cm³/mol. The number of aliphatic imine (C=N–C) groups is 1. The molecule has 1 aromatic rings. The number of anilines is 1. The van der Waals surface area contributed by atoms with Crippen molar-refractivity contribution in [1.82, 2.24) is 5.43 Å². The second-order valence-electron chi connectivity index (χ2n) is 3.57. The third-order valence-corrected chi connectivity index (χ3v) is 2.38. The summed E-state index contributed by atoms with van der Waals surface area (Å²) in [6.07, 6.45) is 0. The first-order valence-electron chi connectivity index (χ1n) is 5.76. The molecule has 0 unspecified atom stereocenters. The van der Waals surface area contributed by atoms with Crippen LogP contribution in [0.25, 0.3) is 0 Å². The maximum atomic E-state index is 13.2. The highest BCUT2D eigenvalue weighted by atomic mass is 19.1. The van der Waals surface area contributed by atoms with Crippen LogP contribution in [0.1, 0.15) is 6.92 Å². The average molecular weight is 254 g/mol. The molecule has 0 amide bonds. The largest absolute Gasteiger partial charge is 0.383 e. The van der Waals surface area contributed by atoms with E-state index < -0.39 is 0 Å². The van der Waals surface area contributed by atoms with E-state index >= 15 is 0 Å². The van der Waals surface area contributed by atoms with Gasteiger partial charge >= 0.3 is 0 Å². The number of ether oxygens (including phenoxy) is 1. The molecule has 0 fully saturated rings. The van der Waals surface area contributed by atoms with Gasteiger partial charge in [-0.2, -0.15) is 0 Å². The van der Waals surface area contributed by atoms with Crippen molar-refractivity contribution in [2.24, 2.45) is 10.8 Å². The van der Waals surface area contributed by atoms with Gasteiger partial charge < -0.3 is 9.64 Å². The number of rotatable bonds is 5. The minimum atomic E-state index is -0.292. The van der Waals surface area contributed by atoms with E-state index in [0.29, 0.717) is 31.3 Å². The van der Waals surface area contributed by atoms with Gasteiger partial charge in [0.05, 0.1) is 13.2 Å². The van der Waals surface area contributed by atoms with Crippen molar-refractivity contribution in [3.05, 3.63) is 30.1 Å². The van der Waals surface area contributed by atoms with Gasteiger partial charge in [0.2, 0.25) is 5.96 Å². The molecule has 100 valence electrons. The number of nitrogens with two attached hydrogens (primary N) is 1. The molecule has 0 spiro atoms. The molecular weight excluding hydrogens is 235 g/mol. The van der Waals surface area contributed by atoms with Crippen LogP contribution in [-0.4, -0.2) is 32.8 Å². The molecule has 0 saturated heterocycles. The number of guanidine groups is 1. The van der Waals surface area contributed by atoms with Crippen molar-refractivity contribution in [3.8, 4) is 0 Å². The van der Waals surface area contributed by atoms with Crippen molar-refractivity contribution >= 4 is 11.6 Å². The highest BCUT2D eigenvalue weighted by molar-refractivity contribution is 5.95. The maximum Gasteiger partial charge on any atom is 0.213 e. The SMILES string of the molecule is CCN(C(=NCCOC)NN)c1cccc(F)c1. The Morgan fingerprint density at radius 2 is 2.33 bits per heavy atom. The number of hydrogen-bond acceptors (Lipinski definition) is 3. The van der Waals surface area contributed by atoms with Crippen molar-refractivity contribution < 1.29 is 9.13 Å². The first-order chi connectivity index (χ1) is 8.72. The molecule has 0 radical (unpaired) electrons. The van der Waals surface area contributed by atoms with Gasteiger partial charge in [-0.25, -0.2) is 15.2 Å². The number of halogens is 1. The van der Waals surface area contributed by atoms with Crippen LogP contribution in [0, 0.1) is 5.82 Å². The van der Waals surface area contributed by atoms with Crippen LogP contribution in [0.15, 0.2) is 29.3 Å². The molecule has 0 bridgehead atoms. The summed E-state index contributed by atoms with van der Waals surface area (Å²) in [7, 11) is 1.61. The minimum Gasteiger partial charge on any atom is -0.383 e. The summed E-state index contributed by atoms with van der Waals surface area (Å²) in [4.78, 5) is 6.06. The lowest BCUT2D eigenvalue weighted by molar-refractivity contribution is 0.208. The molecule has 0 aliphatic heterocycles. The third-order valence-electron chi connectivity index (χ3n) is 2.38. The van der Waals surface area contributed by atoms with E-state index in [1.165, 1.54) is 12.1 Å². The zero-order valence-electron chi connectivity index (χ0n) is 10.7. The standard InChI is InChI=1S/C12H19FN4O/c1-3-17(11-6-4-5-10(13)9-11)12(16-14)15-7-8-18-2/h4-6,9H,3,7-8,14H2,1-2H3,(H,15,16). The number of nitrogens with zero attached hydrogens (tertiary/aromatic N) is 2. The van der Waals surface area contributed by atoms with Gasteiger partial charge in [0.15, 0.2) is 0 Å². The van der Waals surface area contributed by atoms with Gasteiger partial charge in [0.25, 0.3) is 0 Å². The fourth-order valence-corrected chi connectivity index (χ4v) is 1.55. The number of nitrogens with one attached hydrogen (secondary N) is 1. The second-order valence-corrected chi connectivity index (χ2v) is 3.57. The Labute approximate surface area is 106 Å². The van der Waals surface area contributed by atoms with Crippen LogP contribution in [0.5, 0.6) is 0 Å². The van der Waals surface area contributed by atoms with Crippen molar-refractivity contribution in [2.45, 2.75) is 6.92 Å². The van der Waals surface area contributed by atoms with Gasteiger partial charge in [0, 0.05) is 19.3 Å². The van der Waals surface area contributed by atoms with E-state index in [9.17, 15) is 4.39 Å². The molecule has 0 aromatic heterocycles. The summed E-state index contributed by atoms with van der Waals surface area (Å²) in [5, 5.41) is 0. The van der Waals surface area contributed by atoms with Crippen LogP contribution < -0.4 is 16.2 Å². The fourth-order valence-electron chi connectivity index (χ4n) is 1.55. The predicted octanol–water partition coefficient (Wildman–Crippen LogP) is 1.12. The lowest BCUT2D eigenvalue weighted by atomic mass is 10.3. The van der Waals surface area contributed by atoms with Gasteiger partial charge in [-0.15, -0.1) is 0 Å². The molecule has 1 rings (SSSR count). The normalized spacial score (nSPS) is 11.4. The molecule has 0 saturated carbocycles. The molecule has 3 N–H and O–H groups in total. The van der Waals surface area contributed by atoms with E-state index in [2.05, 4.69) is 10.4 Å². The Morgan fingerprint density at radius 1 is 1.56 bits per heavy atom. The molecule has 5 nitrogen and oxygen atoms in total. The summed E-state index contributed by atoms with van der Waals surface area (Å²) in [5.41, 5.74) is 3.23. The lowest BCUT2D eigenvalue weighted by Crippen LogP contribution is -2.45. The molecule has 6 heteroatoms. The molecule has 0 heterocycles. The lowest BCUT2D eigenvalue weighted by Gasteiger charge is -2.24. The number of benzene rings is 1. The van der Waals surface area contributed by atoms with Crippen molar-refractivity contribution in [2.75, 3.05) is 31.7 Å². The van der Waals surface area contributed by atoms with Crippen LogP contribution in [0.4, 0.5) is 10.1 Å². The van der Waals surface area contributed by atoms with Crippen LogP contribution >= 0.6 is 0 Å². The molecule has 0 aliphatic carbocycles. The Morgan fingerprint density at radius 3 is 2.89 bits per heavy atom. The Kier molecular flexibility index (Phi) is 6.10. The number of hydrazine groups is 1. The second kappa shape index (κ2) is 7.62. The number of methoxy groups -OCH3 is 1. The first kappa shape index (κ1) is 14.4. The molecule has 18 heavy (non-hydrogen) atoms. The Balaban J connectivity index is 2.89. The third kappa shape index (κ3) is 3.97. The highest BCUT2D eigenvalue weighted by Crippen LogP contribution is 2.15. The van der Waals surface area contributed by atoms with Gasteiger partial charge in [-0.05, 0) is 25.1 Å². The van der Waals surface area contributed by atoms with E-state index in [4.69, 9.17) is 10.6 Å². The number of hydrogen-bond donors (Lipinski definition) is 2. The highest BCUT2D eigenvalue weighted by Gasteiger charge is 2.11. The molecule has 0 aliphatic rings. The quantitative estimate of drug-likeness (QED) is 0.272. The molecule has 0 atom stereocenters. The zero-order valence-corrected chi connectivity index (χ0v) is 10.7. The maximum absolute atomic E-state index is 13.2. The smallest absolute Gasteiger partial charge is 0.213 e. The van der Waals surface area contributed by atoms with Crippen LogP contribution in [0.2, 0.25) is 0 Å². The fraction of sp³-hybridized carbons (Fsp3) is 0.417. The van der Waals surface area contributed by atoms with E-state index in [-0.39, 0.29) is 5.82 Å². The summed E-state index contributed by atoms with van der Waals surface area (Å²) >= 11 is 0. The molecule has 1 aromatic carbocycles. The van der Waals surface area contributed by atoms with Gasteiger partial charge in [-0.3, -0.25) is 5.43 Å². The minimum absolute atomic E-state index is 0.292. The van der Waals surface area contributed by atoms with Crippen molar-refractivity contribution in [1.29, 1.82) is 0 Å². The summed E-state index contributed by atoms with van der Waals surface area (Å²) in [6.45, 7) is 3.56. The Hall–Kier alpha value is -1.66. The van der Waals surface area contributed by atoms with E-state index in [0.717, 1.165) is 0 Å². The zero-order chi connectivity index (χ0) is 13.4. The van der Waals surface area contributed by atoms with E-state index in [1.807, 2.05) is 6.92 Å². The van der Waals surface area contributed by atoms with Crippen molar-refractivity contribution in [3.63, 3.8) is 0 Å². The molecular formula is C12H19FN4O. The summed E-state index contributed by atoms with van der Waals surface area (Å²) in [6, 6.07) is 6.29. The topological polar surface area (TPSA) is 62.9 Å². The van der Waals surface area contributed by atoms with Gasteiger partial charge in [0.1, 0.15) is 5.82 Å². The average Bonchev–Trinajstić information content (AvgIpc) is 2.38. The van der Waals surface area contributed by atoms with Crippen LogP contribution in [-0.2, 0) is 4.74 Å². The monoisotopic (exact) mass is 254 g/mol. The van der Waals surface area contributed by atoms with Crippen LogP contribution in [0.3, 0.4) is 0 Å². The van der Waals surface area contributed by atoms with Gasteiger partial charge in [-0.1, -0.05) is 6.07 Å². The summed E-state index contributed by atoms with van der Waals surface area (Å²) in [5.74, 6) is 5.64. The Bertz CT molecular complexity index is 397.